The fourth-order valence-electron chi connectivity index (χ4n) is 4.28. The van der Waals surface area contributed by atoms with E-state index in [4.69, 9.17) is 25.8 Å². The number of aromatic nitrogens is 1. The van der Waals surface area contributed by atoms with Crippen LogP contribution in [0.5, 0.6) is 17.2 Å². The first kappa shape index (κ1) is 23.5. The van der Waals surface area contributed by atoms with E-state index in [-0.39, 0.29) is 18.2 Å². The maximum Gasteiger partial charge on any atom is 0.224 e. The zero-order chi connectivity index (χ0) is 24.1. The summed E-state index contributed by atoms with van der Waals surface area (Å²) in [5, 5.41) is 4.85. The van der Waals surface area contributed by atoms with Crippen molar-refractivity contribution in [2.24, 2.45) is 0 Å². The molecule has 1 heterocycles. The van der Waals surface area contributed by atoms with E-state index in [0.29, 0.717) is 34.4 Å². The SMILES string of the molecule is COc1ccc(CC(=O)NCC(c2ccccc2Cl)c2c[nH]c3ccccc23)c(OC)c1OC. The third-order valence-electron chi connectivity index (χ3n) is 5.92. The Morgan fingerprint density at radius 3 is 2.38 bits per heavy atom. The predicted octanol–water partition coefficient (Wildman–Crippen LogP) is 5.34. The number of benzene rings is 3. The molecule has 0 saturated carbocycles. The highest BCUT2D eigenvalue weighted by Gasteiger charge is 2.22. The minimum Gasteiger partial charge on any atom is -0.493 e. The van der Waals surface area contributed by atoms with Crippen molar-refractivity contribution >= 4 is 28.4 Å². The molecule has 176 valence electrons. The maximum absolute atomic E-state index is 13.0. The number of hydrogen-bond donors (Lipinski definition) is 2. The van der Waals surface area contributed by atoms with Crippen molar-refractivity contribution in [1.82, 2.24) is 10.3 Å². The molecule has 0 radical (unpaired) electrons. The molecule has 0 fully saturated rings. The molecule has 1 unspecified atom stereocenters. The van der Waals surface area contributed by atoms with Crippen molar-refractivity contribution in [2.75, 3.05) is 27.9 Å². The second-order valence-electron chi connectivity index (χ2n) is 7.84. The summed E-state index contributed by atoms with van der Waals surface area (Å²) in [5.74, 6) is 1.23. The highest BCUT2D eigenvalue weighted by molar-refractivity contribution is 6.31. The number of ether oxygens (including phenoxy) is 3. The Morgan fingerprint density at radius 1 is 0.912 bits per heavy atom. The number of nitrogens with one attached hydrogen (secondary N) is 2. The number of hydrogen-bond acceptors (Lipinski definition) is 4. The fraction of sp³-hybridized carbons (Fsp3) is 0.222. The lowest BCUT2D eigenvalue weighted by Crippen LogP contribution is -2.30. The summed E-state index contributed by atoms with van der Waals surface area (Å²) in [6.45, 7) is 0.389. The maximum atomic E-state index is 13.0. The number of halogens is 1. The van der Waals surface area contributed by atoms with Crippen molar-refractivity contribution in [2.45, 2.75) is 12.3 Å². The van der Waals surface area contributed by atoms with Gasteiger partial charge in [-0.1, -0.05) is 54.1 Å². The Bertz CT molecular complexity index is 1300. The molecule has 0 aliphatic rings. The molecule has 4 aromatic rings. The summed E-state index contributed by atoms with van der Waals surface area (Å²) in [5.41, 5.74) is 3.78. The first-order valence-corrected chi connectivity index (χ1v) is 11.3. The zero-order valence-corrected chi connectivity index (χ0v) is 20.1. The molecule has 1 atom stereocenters. The Balaban J connectivity index is 1.59. The standard InChI is InChI=1S/C27H27ClN2O4/c1-32-24-13-12-17(26(33-2)27(24)34-3)14-25(31)30-16-20(18-8-4-6-10-22(18)28)21-15-29-23-11-7-5-9-19(21)23/h4-13,15,20,29H,14,16H2,1-3H3,(H,30,31). The van der Waals surface area contributed by atoms with Gasteiger partial charge in [0.25, 0.3) is 0 Å². The summed E-state index contributed by atoms with van der Waals surface area (Å²) in [7, 11) is 4.64. The van der Waals surface area contributed by atoms with Crippen LogP contribution in [0.25, 0.3) is 10.9 Å². The number of methoxy groups -OCH3 is 3. The Morgan fingerprint density at radius 2 is 1.65 bits per heavy atom. The largest absolute Gasteiger partial charge is 0.493 e. The van der Waals surface area contributed by atoms with E-state index in [1.807, 2.05) is 54.7 Å². The fourth-order valence-corrected chi connectivity index (χ4v) is 4.55. The molecule has 7 heteroatoms. The quantitative estimate of drug-likeness (QED) is 0.340. The van der Waals surface area contributed by atoms with Crippen molar-refractivity contribution in [3.8, 4) is 17.2 Å². The van der Waals surface area contributed by atoms with E-state index in [0.717, 1.165) is 22.0 Å². The molecule has 0 saturated heterocycles. The lowest BCUT2D eigenvalue weighted by Gasteiger charge is -2.20. The van der Waals surface area contributed by atoms with Gasteiger partial charge in [-0.2, -0.15) is 0 Å². The van der Waals surface area contributed by atoms with Gasteiger partial charge < -0.3 is 24.5 Å². The van der Waals surface area contributed by atoms with Gasteiger partial charge in [0.1, 0.15) is 0 Å². The number of fused-ring (bicyclic) bond motifs is 1. The van der Waals surface area contributed by atoms with Gasteiger partial charge in [0, 0.05) is 40.1 Å². The molecule has 3 aromatic carbocycles. The van der Waals surface area contributed by atoms with Crippen LogP contribution in [0.4, 0.5) is 0 Å². The number of H-pyrrole nitrogens is 1. The first-order valence-electron chi connectivity index (χ1n) is 10.9. The van der Waals surface area contributed by atoms with Crippen LogP contribution < -0.4 is 19.5 Å². The summed E-state index contributed by atoms with van der Waals surface area (Å²) >= 11 is 6.57. The van der Waals surface area contributed by atoms with Crippen LogP contribution in [0, 0.1) is 0 Å². The monoisotopic (exact) mass is 478 g/mol. The van der Waals surface area contributed by atoms with Gasteiger partial charge >= 0.3 is 0 Å². The second-order valence-corrected chi connectivity index (χ2v) is 8.25. The lowest BCUT2D eigenvalue weighted by molar-refractivity contribution is -0.120. The van der Waals surface area contributed by atoms with Crippen molar-refractivity contribution in [3.05, 3.63) is 88.6 Å². The van der Waals surface area contributed by atoms with E-state index in [2.05, 4.69) is 16.4 Å². The van der Waals surface area contributed by atoms with Crippen LogP contribution in [-0.4, -0.2) is 38.8 Å². The minimum atomic E-state index is -0.137. The molecule has 1 amide bonds. The van der Waals surface area contributed by atoms with E-state index < -0.39 is 0 Å². The van der Waals surface area contributed by atoms with Crippen molar-refractivity contribution in [1.29, 1.82) is 0 Å². The van der Waals surface area contributed by atoms with Crippen LogP contribution in [0.1, 0.15) is 22.6 Å². The highest BCUT2D eigenvalue weighted by Crippen LogP contribution is 2.40. The Hall–Kier alpha value is -3.64. The van der Waals surface area contributed by atoms with Gasteiger partial charge in [-0.3, -0.25) is 4.79 Å². The number of carbonyl (C=O) groups is 1. The molecule has 0 spiro atoms. The zero-order valence-electron chi connectivity index (χ0n) is 19.4. The number of rotatable bonds is 9. The summed E-state index contributed by atoms with van der Waals surface area (Å²) in [6, 6.07) is 19.4. The average molecular weight is 479 g/mol. The number of para-hydroxylation sites is 1. The number of aromatic amines is 1. The molecule has 2 N–H and O–H groups in total. The molecule has 0 bridgehead atoms. The Kier molecular flexibility index (Phi) is 7.28. The van der Waals surface area contributed by atoms with Crippen LogP contribution >= 0.6 is 11.6 Å². The van der Waals surface area contributed by atoms with Crippen molar-refractivity contribution < 1.29 is 19.0 Å². The van der Waals surface area contributed by atoms with Crippen molar-refractivity contribution in [3.63, 3.8) is 0 Å². The molecule has 6 nitrogen and oxygen atoms in total. The van der Waals surface area contributed by atoms with Gasteiger partial charge in [0.2, 0.25) is 11.7 Å². The van der Waals surface area contributed by atoms with Gasteiger partial charge in [-0.25, -0.2) is 0 Å². The summed E-state index contributed by atoms with van der Waals surface area (Å²) in [4.78, 5) is 16.3. The molecule has 1 aromatic heterocycles. The van der Waals surface area contributed by atoms with Gasteiger partial charge in [-0.05, 0) is 29.3 Å². The topological polar surface area (TPSA) is 72.6 Å². The van der Waals surface area contributed by atoms with Gasteiger partial charge in [-0.15, -0.1) is 0 Å². The third-order valence-corrected chi connectivity index (χ3v) is 6.26. The molecular formula is C27H27ClN2O4. The van der Waals surface area contributed by atoms with E-state index in [1.54, 1.807) is 27.4 Å². The molecule has 0 aliphatic heterocycles. The Labute approximate surface area is 203 Å². The second kappa shape index (κ2) is 10.5. The minimum absolute atomic E-state index is 0.124. The molecular weight excluding hydrogens is 452 g/mol. The van der Waals surface area contributed by atoms with Crippen LogP contribution in [0.3, 0.4) is 0 Å². The summed E-state index contributed by atoms with van der Waals surface area (Å²) < 4.78 is 16.3. The summed E-state index contributed by atoms with van der Waals surface area (Å²) in [6.07, 6.45) is 2.12. The van der Waals surface area contributed by atoms with E-state index in [1.165, 1.54) is 0 Å². The van der Waals surface area contributed by atoms with Crippen LogP contribution in [0.2, 0.25) is 5.02 Å². The average Bonchev–Trinajstić information content (AvgIpc) is 3.28. The van der Waals surface area contributed by atoms with Crippen LogP contribution in [0.15, 0.2) is 66.9 Å². The lowest BCUT2D eigenvalue weighted by atomic mass is 9.90. The number of amides is 1. The number of carbonyl (C=O) groups excluding carboxylic acids is 1. The molecule has 0 aliphatic carbocycles. The predicted molar refractivity (Wildman–Crippen MR) is 134 cm³/mol. The van der Waals surface area contributed by atoms with E-state index >= 15 is 0 Å². The normalized spacial score (nSPS) is 11.8. The first-order chi connectivity index (χ1) is 16.6. The highest BCUT2D eigenvalue weighted by atomic mass is 35.5. The van der Waals surface area contributed by atoms with E-state index in [9.17, 15) is 4.79 Å². The third kappa shape index (κ3) is 4.68. The van der Waals surface area contributed by atoms with Gasteiger partial charge in [0.15, 0.2) is 11.5 Å². The van der Waals surface area contributed by atoms with Crippen LogP contribution in [-0.2, 0) is 11.2 Å². The van der Waals surface area contributed by atoms with Gasteiger partial charge in [0.05, 0.1) is 27.8 Å². The molecule has 34 heavy (non-hydrogen) atoms. The molecule has 4 rings (SSSR count). The smallest absolute Gasteiger partial charge is 0.224 e.